The van der Waals surface area contributed by atoms with Gasteiger partial charge in [0.1, 0.15) is 18.9 Å². The molecule has 9 heteroatoms. The Morgan fingerprint density at radius 3 is 2.81 bits per heavy atom. The summed E-state index contributed by atoms with van der Waals surface area (Å²) in [7, 11) is 0. The summed E-state index contributed by atoms with van der Waals surface area (Å²) in [5.74, 6) is -0.385. The Balaban J connectivity index is 1.95. The van der Waals surface area contributed by atoms with Gasteiger partial charge in [0.25, 0.3) is 0 Å². The summed E-state index contributed by atoms with van der Waals surface area (Å²) in [6, 6.07) is 0. The Morgan fingerprint density at radius 2 is 2.10 bits per heavy atom. The van der Waals surface area contributed by atoms with Crippen LogP contribution in [0.5, 0.6) is 0 Å². The van der Waals surface area contributed by atoms with Crippen molar-refractivity contribution in [1.29, 1.82) is 0 Å². The summed E-state index contributed by atoms with van der Waals surface area (Å²) in [5, 5.41) is 2.49. The Morgan fingerprint density at radius 1 is 1.29 bits per heavy atom. The number of anilines is 1. The number of nitrogens with one attached hydrogen (secondary N) is 1. The number of nitrogens with zero attached hydrogens (tertiary/aromatic N) is 4. The van der Waals surface area contributed by atoms with E-state index in [2.05, 4.69) is 20.3 Å². The summed E-state index contributed by atoms with van der Waals surface area (Å²) < 4.78 is 11.8. The average Bonchev–Trinajstić information content (AvgIpc) is 2.80. The normalized spacial score (nSPS) is 10.6. The molecule has 0 unspecified atom stereocenters. The average molecular weight is 293 g/mol. The van der Waals surface area contributed by atoms with Crippen molar-refractivity contribution in [1.82, 2.24) is 19.5 Å². The van der Waals surface area contributed by atoms with Crippen molar-refractivity contribution in [2.75, 3.05) is 18.5 Å². The summed E-state index contributed by atoms with van der Waals surface area (Å²) in [5.41, 5.74) is 1.13. The van der Waals surface area contributed by atoms with Gasteiger partial charge in [-0.15, -0.1) is 0 Å². The molecule has 0 aliphatic rings. The van der Waals surface area contributed by atoms with E-state index >= 15 is 0 Å². The molecule has 0 radical (unpaired) electrons. The molecule has 0 saturated heterocycles. The lowest BCUT2D eigenvalue weighted by molar-refractivity contribution is -0.142. The predicted octanol–water partition coefficient (Wildman–Crippen LogP) is 0.322. The van der Waals surface area contributed by atoms with Crippen molar-refractivity contribution in [2.24, 2.45) is 0 Å². The predicted molar refractivity (Wildman–Crippen MR) is 72.2 cm³/mol. The number of amides is 1. The van der Waals surface area contributed by atoms with Crippen LogP contribution in [0.15, 0.2) is 12.5 Å². The van der Waals surface area contributed by atoms with Crippen LogP contribution < -0.4 is 5.32 Å². The highest BCUT2D eigenvalue weighted by Crippen LogP contribution is 2.11. The largest absolute Gasteiger partial charge is 0.463 e. The molecule has 2 rings (SSSR count). The number of esters is 1. The van der Waals surface area contributed by atoms with E-state index in [1.807, 2.05) is 0 Å². The second kappa shape index (κ2) is 6.75. The maximum Gasteiger partial charge on any atom is 0.302 e. The van der Waals surface area contributed by atoms with Gasteiger partial charge in [-0.05, 0) is 0 Å². The lowest BCUT2D eigenvalue weighted by Crippen LogP contribution is -2.10. The van der Waals surface area contributed by atoms with Gasteiger partial charge < -0.3 is 14.0 Å². The standard InChI is InChI=1S/C12H15N5O4/c1-8(18)15-12-13-5-10-11(16-12)14-6-17(10)7-20-3-4-21-9(2)19/h5-6H,3-4,7H2,1-2H3,(H,13,15,16,18). The van der Waals surface area contributed by atoms with Gasteiger partial charge in [-0.2, -0.15) is 4.98 Å². The van der Waals surface area contributed by atoms with Gasteiger partial charge in [0, 0.05) is 13.8 Å². The summed E-state index contributed by atoms with van der Waals surface area (Å²) in [6.45, 7) is 3.44. The minimum absolute atomic E-state index is 0.200. The molecular weight excluding hydrogens is 278 g/mol. The molecule has 2 aromatic rings. The van der Waals surface area contributed by atoms with Crippen LogP contribution in [-0.2, 0) is 25.8 Å². The highest BCUT2D eigenvalue weighted by Gasteiger charge is 2.07. The molecule has 112 valence electrons. The van der Waals surface area contributed by atoms with E-state index in [0.29, 0.717) is 11.2 Å². The van der Waals surface area contributed by atoms with Gasteiger partial charge in [0.15, 0.2) is 5.65 Å². The van der Waals surface area contributed by atoms with Crippen LogP contribution in [0.2, 0.25) is 0 Å². The number of hydrogen-bond acceptors (Lipinski definition) is 7. The number of ether oxygens (including phenoxy) is 2. The van der Waals surface area contributed by atoms with E-state index < -0.39 is 0 Å². The molecule has 0 fully saturated rings. The Labute approximate surface area is 120 Å². The van der Waals surface area contributed by atoms with Crippen molar-refractivity contribution < 1.29 is 19.1 Å². The number of carbonyl (C=O) groups is 2. The van der Waals surface area contributed by atoms with Crippen LogP contribution in [0.3, 0.4) is 0 Å². The first-order chi connectivity index (χ1) is 10.1. The fraction of sp³-hybridized carbons (Fsp3) is 0.417. The van der Waals surface area contributed by atoms with Crippen molar-refractivity contribution in [3.05, 3.63) is 12.5 Å². The molecule has 0 bridgehead atoms. The van der Waals surface area contributed by atoms with E-state index in [1.165, 1.54) is 13.8 Å². The maximum atomic E-state index is 10.9. The molecular formula is C12H15N5O4. The number of fused-ring (bicyclic) bond motifs is 1. The van der Waals surface area contributed by atoms with Crippen LogP contribution in [0.25, 0.3) is 11.2 Å². The zero-order valence-electron chi connectivity index (χ0n) is 11.7. The molecule has 2 aromatic heterocycles. The van der Waals surface area contributed by atoms with E-state index in [9.17, 15) is 9.59 Å². The molecule has 9 nitrogen and oxygen atoms in total. The first-order valence-electron chi connectivity index (χ1n) is 6.23. The quantitative estimate of drug-likeness (QED) is 0.603. The Kier molecular flexibility index (Phi) is 4.77. The van der Waals surface area contributed by atoms with Gasteiger partial charge in [-0.25, -0.2) is 9.97 Å². The van der Waals surface area contributed by atoms with Crippen LogP contribution in [0.4, 0.5) is 5.95 Å². The minimum Gasteiger partial charge on any atom is -0.463 e. The zero-order valence-corrected chi connectivity index (χ0v) is 11.7. The fourth-order valence-electron chi connectivity index (χ4n) is 1.58. The first-order valence-corrected chi connectivity index (χ1v) is 6.23. The third-order valence-electron chi connectivity index (χ3n) is 2.43. The molecule has 21 heavy (non-hydrogen) atoms. The number of aromatic nitrogens is 4. The SMILES string of the molecule is CC(=O)Nc1ncc2c(ncn2COCCOC(C)=O)n1. The molecule has 1 N–H and O–H groups in total. The van der Waals surface area contributed by atoms with Crippen LogP contribution >= 0.6 is 0 Å². The first kappa shape index (κ1) is 14.9. The second-order valence-corrected chi connectivity index (χ2v) is 4.18. The summed E-state index contributed by atoms with van der Waals surface area (Å²) >= 11 is 0. The van der Waals surface area contributed by atoms with E-state index in [0.717, 1.165) is 0 Å². The molecule has 0 spiro atoms. The van der Waals surface area contributed by atoms with E-state index in [-0.39, 0.29) is 37.8 Å². The lowest BCUT2D eigenvalue weighted by atomic mass is 10.5. The second-order valence-electron chi connectivity index (χ2n) is 4.18. The highest BCUT2D eigenvalue weighted by molar-refractivity contribution is 5.87. The molecule has 0 aliphatic heterocycles. The van der Waals surface area contributed by atoms with Crippen LogP contribution in [0.1, 0.15) is 13.8 Å². The topological polar surface area (TPSA) is 108 Å². The van der Waals surface area contributed by atoms with Crippen molar-refractivity contribution in [2.45, 2.75) is 20.6 Å². The lowest BCUT2D eigenvalue weighted by Gasteiger charge is -2.06. The maximum absolute atomic E-state index is 10.9. The van der Waals surface area contributed by atoms with Gasteiger partial charge in [-0.3, -0.25) is 14.9 Å². The monoisotopic (exact) mass is 293 g/mol. The number of carbonyl (C=O) groups excluding carboxylic acids is 2. The third kappa shape index (κ3) is 4.21. The van der Waals surface area contributed by atoms with Crippen LogP contribution in [-0.4, -0.2) is 44.6 Å². The third-order valence-corrected chi connectivity index (χ3v) is 2.43. The van der Waals surface area contributed by atoms with Gasteiger partial charge in [-0.1, -0.05) is 0 Å². The zero-order chi connectivity index (χ0) is 15.2. The highest BCUT2D eigenvalue weighted by atomic mass is 16.6. The summed E-state index contributed by atoms with van der Waals surface area (Å²) in [4.78, 5) is 33.7. The molecule has 0 aliphatic carbocycles. The van der Waals surface area contributed by atoms with Crippen LogP contribution in [0, 0.1) is 0 Å². The molecule has 2 heterocycles. The van der Waals surface area contributed by atoms with Gasteiger partial charge >= 0.3 is 5.97 Å². The van der Waals surface area contributed by atoms with Gasteiger partial charge in [0.05, 0.1) is 19.1 Å². The van der Waals surface area contributed by atoms with Gasteiger partial charge in [0.2, 0.25) is 11.9 Å². The molecule has 0 atom stereocenters. The molecule has 0 aromatic carbocycles. The van der Waals surface area contributed by atoms with Crippen molar-refractivity contribution in [3.63, 3.8) is 0 Å². The van der Waals surface area contributed by atoms with Crippen molar-refractivity contribution >= 4 is 29.0 Å². The van der Waals surface area contributed by atoms with Crippen molar-refractivity contribution in [3.8, 4) is 0 Å². The van der Waals surface area contributed by atoms with E-state index in [4.69, 9.17) is 9.47 Å². The summed E-state index contributed by atoms with van der Waals surface area (Å²) in [6.07, 6.45) is 3.11. The Bertz CT molecular complexity index is 654. The number of rotatable bonds is 6. The number of hydrogen-bond donors (Lipinski definition) is 1. The van der Waals surface area contributed by atoms with E-state index in [1.54, 1.807) is 17.1 Å². The minimum atomic E-state index is -0.342. The molecule has 0 saturated carbocycles. The number of imidazole rings is 1. The smallest absolute Gasteiger partial charge is 0.302 e. The Hall–Kier alpha value is -2.55. The fourth-order valence-corrected chi connectivity index (χ4v) is 1.58. The molecule has 1 amide bonds.